The molecular formula is C25H48N6O. The Morgan fingerprint density at radius 2 is 1.94 bits per heavy atom. The summed E-state index contributed by atoms with van der Waals surface area (Å²) in [6.45, 7) is 9.66. The Labute approximate surface area is 196 Å². The number of methoxy groups -OCH3 is 1. The number of hydrogen-bond donors (Lipinski definition) is 5. The van der Waals surface area contributed by atoms with Crippen molar-refractivity contribution in [2.24, 2.45) is 0 Å². The molecule has 0 bridgehead atoms. The largest absolute Gasteiger partial charge is 0.496 e. The zero-order valence-corrected chi connectivity index (χ0v) is 21.3. The molecule has 1 aromatic carbocycles. The lowest BCUT2D eigenvalue weighted by Crippen LogP contribution is -2.65. The van der Waals surface area contributed by atoms with Crippen molar-refractivity contribution in [2.75, 3.05) is 46.2 Å². The maximum Gasteiger partial charge on any atom is 0.136 e. The van der Waals surface area contributed by atoms with E-state index in [2.05, 4.69) is 77.5 Å². The zero-order valence-electron chi connectivity index (χ0n) is 21.3. The minimum absolute atomic E-state index is 0.0937. The molecule has 1 heterocycles. The van der Waals surface area contributed by atoms with E-state index in [1.54, 1.807) is 7.11 Å². The summed E-state index contributed by atoms with van der Waals surface area (Å²) in [7, 11) is 5.80. The van der Waals surface area contributed by atoms with Gasteiger partial charge in [0, 0.05) is 43.0 Å². The van der Waals surface area contributed by atoms with Gasteiger partial charge in [-0.05, 0) is 59.0 Å². The van der Waals surface area contributed by atoms with Crippen molar-refractivity contribution in [3.05, 3.63) is 23.8 Å². The van der Waals surface area contributed by atoms with Crippen molar-refractivity contribution in [1.29, 1.82) is 0 Å². The van der Waals surface area contributed by atoms with Crippen LogP contribution in [0.2, 0.25) is 0 Å². The fraction of sp³-hybridized carbons (Fsp3) is 0.760. The van der Waals surface area contributed by atoms with E-state index in [0.717, 1.165) is 37.5 Å². The summed E-state index contributed by atoms with van der Waals surface area (Å²) in [4.78, 5) is 2.55. The molecule has 1 fully saturated rings. The molecule has 32 heavy (non-hydrogen) atoms. The van der Waals surface area contributed by atoms with Gasteiger partial charge in [0.2, 0.25) is 0 Å². The summed E-state index contributed by atoms with van der Waals surface area (Å²) >= 11 is 0. The summed E-state index contributed by atoms with van der Waals surface area (Å²) in [5.74, 6) is 0.922. The van der Waals surface area contributed by atoms with Crippen LogP contribution in [0.25, 0.3) is 0 Å². The van der Waals surface area contributed by atoms with Gasteiger partial charge in [0.25, 0.3) is 0 Å². The lowest BCUT2D eigenvalue weighted by atomic mass is 10.1. The average Bonchev–Trinajstić information content (AvgIpc) is 2.79. The Hall–Kier alpha value is -1.38. The van der Waals surface area contributed by atoms with Crippen molar-refractivity contribution in [3.63, 3.8) is 0 Å². The summed E-state index contributed by atoms with van der Waals surface area (Å²) in [5, 5.41) is 17.8. The van der Waals surface area contributed by atoms with Crippen molar-refractivity contribution in [3.8, 4) is 5.75 Å². The van der Waals surface area contributed by atoms with Gasteiger partial charge in [-0.2, -0.15) is 0 Å². The summed E-state index contributed by atoms with van der Waals surface area (Å²) in [6, 6.07) is 7.08. The highest BCUT2D eigenvalue weighted by molar-refractivity contribution is 5.52. The van der Waals surface area contributed by atoms with Crippen LogP contribution in [-0.4, -0.2) is 64.2 Å². The molecule has 184 valence electrons. The van der Waals surface area contributed by atoms with E-state index < -0.39 is 0 Å². The zero-order chi connectivity index (χ0) is 23.3. The normalized spacial score (nSPS) is 22.6. The number of nitrogens with one attached hydrogen (secondary N) is 5. The van der Waals surface area contributed by atoms with Gasteiger partial charge in [0.15, 0.2) is 0 Å². The smallest absolute Gasteiger partial charge is 0.136 e. The van der Waals surface area contributed by atoms with Crippen LogP contribution in [0.5, 0.6) is 5.75 Å². The monoisotopic (exact) mass is 448 g/mol. The van der Waals surface area contributed by atoms with Crippen molar-refractivity contribution >= 4 is 5.69 Å². The average molecular weight is 449 g/mol. The summed E-state index contributed by atoms with van der Waals surface area (Å²) < 4.78 is 5.66. The molecule has 4 atom stereocenters. The van der Waals surface area contributed by atoms with Crippen LogP contribution in [0.4, 0.5) is 5.69 Å². The first-order valence-corrected chi connectivity index (χ1v) is 12.6. The molecule has 0 spiro atoms. The molecule has 5 N–H and O–H groups in total. The van der Waals surface area contributed by atoms with Gasteiger partial charge >= 0.3 is 0 Å². The Morgan fingerprint density at radius 3 is 2.62 bits per heavy atom. The quantitative estimate of drug-likeness (QED) is 0.263. The number of nitrogens with zero attached hydrogens (tertiary/aromatic N) is 1. The number of unbranched alkanes of at least 4 members (excludes halogenated alkanes) is 4. The first kappa shape index (κ1) is 26.9. The molecule has 2 rings (SSSR count). The Morgan fingerprint density at radius 1 is 1.16 bits per heavy atom. The number of rotatable bonds is 15. The van der Waals surface area contributed by atoms with E-state index in [-0.39, 0.29) is 12.3 Å². The number of anilines is 1. The van der Waals surface area contributed by atoms with Gasteiger partial charge in [0.05, 0.1) is 13.3 Å². The molecule has 0 radical (unpaired) electrons. The topological polar surface area (TPSA) is 72.6 Å². The molecule has 1 aromatic rings. The van der Waals surface area contributed by atoms with Gasteiger partial charge < -0.3 is 26.0 Å². The van der Waals surface area contributed by atoms with Gasteiger partial charge in [-0.1, -0.05) is 32.6 Å². The highest BCUT2D eigenvalue weighted by Crippen LogP contribution is 2.29. The molecule has 0 aromatic heterocycles. The van der Waals surface area contributed by atoms with Crippen molar-refractivity contribution in [2.45, 2.75) is 83.8 Å². The SMILES string of the molecule is CCCCCCCN1C(NC)CC(C)NC1Nc1ccc(OC)c(C(C)NCCNC)c1. The highest BCUT2D eigenvalue weighted by Gasteiger charge is 2.32. The third-order valence-electron chi connectivity index (χ3n) is 6.43. The van der Waals surface area contributed by atoms with E-state index in [0.29, 0.717) is 12.2 Å². The summed E-state index contributed by atoms with van der Waals surface area (Å²) in [6.07, 6.45) is 8.04. The lowest BCUT2D eigenvalue weighted by Gasteiger charge is -2.45. The van der Waals surface area contributed by atoms with Gasteiger partial charge in [-0.3, -0.25) is 10.2 Å². The van der Waals surface area contributed by atoms with Crippen LogP contribution < -0.4 is 31.3 Å². The maximum atomic E-state index is 5.66. The molecule has 1 aliphatic heterocycles. The third kappa shape index (κ3) is 8.19. The molecule has 7 nitrogen and oxygen atoms in total. The second-order valence-electron chi connectivity index (χ2n) is 9.04. The van der Waals surface area contributed by atoms with Crippen LogP contribution in [0.3, 0.4) is 0 Å². The van der Waals surface area contributed by atoms with Gasteiger partial charge in [-0.15, -0.1) is 0 Å². The molecule has 1 aliphatic rings. The minimum atomic E-state index is 0.0937. The number of ether oxygens (including phenoxy) is 1. The van der Waals surface area contributed by atoms with E-state index in [1.807, 2.05) is 7.05 Å². The van der Waals surface area contributed by atoms with Crippen LogP contribution in [0.1, 0.15) is 70.9 Å². The molecule has 1 saturated heterocycles. The fourth-order valence-electron chi connectivity index (χ4n) is 4.52. The first-order valence-electron chi connectivity index (χ1n) is 12.6. The van der Waals surface area contributed by atoms with Gasteiger partial charge in [0.1, 0.15) is 12.0 Å². The fourth-order valence-corrected chi connectivity index (χ4v) is 4.52. The minimum Gasteiger partial charge on any atom is -0.496 e. The third-order valence-corrected chi connectivity index (χ3v) is 6.43. The van der Waals surface area contributed by atoms with Crippen molar-refractivity contribution < 1.29 is 4.74 Å². The molecule has 0 aliphatic carbocycles. The molecule has 4 unspecified atom stereocenters. The first-order chi connectivity index (χ1) is 15.5. The van der Waals surface area contributed by atoms with Crippen LogP contribution >= 0.6 is 0 Å². The van der Waals surface area contributed by atoms with Crippen LogP contribution in [-0.2, 0) is 0 Å². The van der Waals surface area contributed by atoms with Crippen LogP contribution in [0.15, 0.2) is 18.2 Å². The summed E-state index contributed by atoms with van der Waals surface area (Å²) in [5.41, 5.74) is 2.29. The number of likely N-dealkylation sites (N-methyl/N-ethyl adjacent to an activating group) is 1. The lowest BCUT2D eigenvalue weighted by molar-refractivity contribution is 0.0483. The van der Waals surface area contributed by atoms with E-state index in [1.165, 1.54) is 37.7 Å². The number of hydrogen-bond acceptors (Lipinski definition) is 7. The maximum absolute atomic E-state index is 5.66. The number of benzene rings is 1. The standard InChI is InChI=1S/C25H48N6O/c1-7-8-9-10-11-16-31-24(27-5)17-19(2)29-25(31)30-21-12-13-23(32-6)22(18-21)20(3)28-15-14-26-4/h12-13,18-20,24-30H,7-11,14-17H2,1-6H3. The van der Waals surface area contributed by atoms with Crippen molar-refractivity contribution in [1.82, 2.24) is 26.2 Å². The second-order valence-corrected chi connectivity index (χ2v) is 9.04. The molecule has 7 heteroatoms. The van der Waals surface area contributed by atoms with E-state index in [4.69, 9.17) is 4.74 Å². The predicted molar refractivity (Wildman–Crippen MR) is 136 cm³/mol. The van der Waals surface area contributed by atoms with E-state index >= 15 is 0 Å². The molecule has 0 saturated carbocycles. The van der Waals surface area contributed by atoms with Crippen LogP contribution in [0, 0.1) is 0 Å². The van der Waals surface area contributed by atoms with Gasteiger partial charge in [-0.25, -0.2) is 0 Å². The predicted octanol–water partition coefficient (Wildman–Crippen LogP) is 3.46. The Bertz CT molecular complexity index is 643. The highest BCUT2D eigenvalue weighted by atomic mass is 16.5. The Balaban J connectivity index is 2.12. The second kappa shape index (κ2) is 14.7. The molecular weight excluding hydrogens is 400 g/mol. The molecule has 0 amide bonds. The van der Waals surface area contributed by atoms with E-state index in [9.17, 15) is 0 Å². The Kier molecular flexibility index (Phi) is 12.3.